The highest BCUT2D eigenvalue weighted by Crippen LogP contribution is 2.38. The molecule has 29 heavy (non-hydrogen) atoms. The molecule has 1 amide bonds. The summed E-state index contributed by atoms with van der Waals surface area (Å²) in [7, 11) is 0. The average Bonchev–Trinajstić information content (AvgIpc) is 3.42. The van der Waals surface area contributed by atoms with E-state index in [4.69, 9.17) is 9.47 Å². The molecule has 148 valence electrons. The third-order valence-electron chi connectivity index (χ3n) is 5.40. The van der Waals surface area contributed by atoms with E-state index in [2.05, 4.69) is 10.1 Å². The number of ether oxygens (including phenoxy) is 2. The number of hydrogen-bond donors (Lipinski definition) is 0. The van der Waals surface area contributed by atoms with Crippen LogP contribution in [0, 0.1) is 0 Å². The van der Waals surface area contributed by atoms with Crippen molar-refractivity contribution in [3.63, 3.8) is 0 Å². The van der Waals surface area contributed by atoms with E-state index >= 15 is 0 Å². The molecule has 2 aliphatic rings. The van der Waals surface area contributed by atoms with Crippen molar-refractivity contribution in [3.05, 3.63) is 66.1 Å². The van der Waals surface area contributed by atoms with E-state index in [9.17, 15) is 4.79 Å². The lowest BCUT2D eigenvalue weighted by atomic mass is 10.0. The van der Waals surface area contributed by atoms with E-state index in [1.54, 1.807) is 17.1 Å². The molecular formula is C22H22N4O3. The van der Waals surface area contributed by atoms with Gasteiger partial charge in [0.05, 0.1) is 24.8 Å². The number of rotatable bonds is 3. The van der Waals surface area contributed by atoms with Gasteiger partial charge < -0.3 is 14.4 Å². The summed E-state index contributed by atoms with van der Waals surface area (Å²) in [6.45, 7) is 2.05. The summed E-state index contributed by atoms with van der Waals surface area (Å²) in [4.78, 5) is 19.5. The fourth-order valence-electron chi connectivity index (χ4n) is 3.96. The molecule has 0 saturated carbocycles. The van der Waals surface area contributed by atoms with Crippen LogP contribution in [0.4, 0.5) is 0 Å². The van der Waals surface area contributed by atoms with Crippen molar-refractivity contribution in [1.29, 1.82) is 0 Å². The second-order valence-electron chi connectivity index (χ2n) is 7.27. The maximum absolute atomic E-state index is 13.2. The number of pyridine rings is 1. The number of fused-ring (bicyclic) bond motifs is 1. The van der Waals surface area contributed by atoms with Gasteiger partial charge in [0, 0.05) is 31.6 Å². The van der Waals surface area contributed by atoms with Crippen LogP contribution in [0.2, 0.25) is 0 Å². The lowest BCUT2D eigenvalue weighted by Gasteiger charge is -2.25. The highest BCUT2D eigenvalue weighted by atomic mass is 16.5. The maximum Gasteiger partial charge on any atom is 0.255 e. The summed E-state index contributed by atoms with van der Waals surface area (Å²) in [5, 5.41) is 4.17. The Morgan fingerprint density at radius 1 is 1.07 bits per heavy atom. The van der Waals surface area contributed by atoms with Crippen LogP contribution in [0.15, 0.2) is 55.0 Å². The third kappa shape index (κ3) is 3.44. The van der Waals surface area contributed by atoms with Crippen LogP contribution in [0.25, 0.3) is 5.82 Å². The Labute approximate surface area is 168 Å². The Balaban J connectivity index is 1.38. The van der Waals surface area contributed by atoms with Crippen LogP contribution in [-0.4, -0.2) is 45.3 Å². The first-order chi connectivity index (χ1) is 14.3. The number of nitrogens with zero attached hydrogens (tertiary/aromatic N) is 4. The zero-order valence-electron chi connectivity index (χ0n) is 16.0. The van der Waals surface area contributed by atoms with E-state index in [1.807, 2.05) is 47.5 Å². The lowest BCUT2D eigenvalue weighted by Crippen LogP contribution is -2.30. The zero-order chi connectivity index (χ0) is 19.6. The molecule has 0 aliphatic carbocycles. The minimum Gasteiger partial charge on any atom is -0.490 e. The highest BCUT2D eigenvalue weighted by Gasteiger charge is 2.31. The molecule has 2 aromatic heterocycles. The molecule has 0 radical (unpaired) electrons. The number of hydrogen-bond acceptors (Lipinski definition) is 5. The molecule has 1 aromatic carbocycles. The van der Waals surface area contributed by atoms with Crippen LogP contribution in [-0.2, 0) is 0 Å². The van der Waals surface area contributed by atoms with Crippen molar-refractivity contribution < 1.29 is 14.3 Å². The maximum atomic E-state index is 13.2. The predicted octanol–water partition coefficient (Wildman–Crippen LogP) is 3.41. The van der Waals surface area contributed by atoms with Gasteiger partial charge in [-0.15, -0.1) is 0 Å². The van der Waals surface area contributed by atoms with Gasteiger partial charge in [-0.05, 0) is 48.7 Å². The number of likely N-dealkylation sites (tertiary alicyclic amines) is 1. The molecule has 0 spiro atoms. The van der Waals surface area contributed by atoms with Crippen LogP contribution in [0.1, 0.15) is 41.2 Å². The van der Waals surface area contributed by atoms with Crippen molar-refractivity contribution in [3.8, 4) is 17.3 Å². The standard InChI is InChI=1S/C22H22N4O3/c27-22(17-6-8-21(23-15-17)26-11-2-9-24-26)25-10-1-4-18(25)16-5-7-19-20(14-16)29-13-3-12-28-19/h2,5-9,11,14-15,18H,1,3-4,10,12-13H2/t18-/m1/s1. The zero-order valence-corrected chi connectivity index (χ0v) is 16.0. The minimum atomic E-state index is -0.000809. The summed E-state index contributed by atoms with van der Waals surface area (Å²) >= 11 is 0. The van der Waals surface area contributed by atoms with Gasteiger partial charge in [-0.2, -0.15) is 5.10 Å². The number of amides is 1. The van der Waals surface area contributed by atoms with Gasteiger partial charge in [-0.1, -0.05) is 6.07 Å². The topological polar surface area (TPSA) is 69.5 Å². The Kier molecular flexibility index (Phi) is 4.63. The molecule has 0 unspecified atom stereocenters. The molecule has 2 aliphatic heterocycles. The normalized spacial score (nSPS) is 18.5. The molecule has 0 bridgehead atoms. The molecule has 5 rings (SSSR count). The predicted molar refractivity (Wildman–Crippen MR) is 106 cm³/mol. The highest BCUT2D eigenvalue weighted by molar-refractivity contribution is 5.94. The monoisotopic (exact) mass is 390 g/mol. The summed E-state index contributed by atoms with van der Waals surface area (Å²) < 4.78 is 13.2. The molecule has 1 atom stereocenters. The van der Waals surface area contributed by atoms with E-state index in [0.29, 0.717) is 24.6 Å². The largest absolute Gasteiger partial charge is 0.490 e. The van der Waals surface area contributed by atoms with Crippen LogP contribution < -0.4 is 9.47 Å². The Bertz CT molecular complexity index is 1000. The minimum absolute atomic E-state index is 0.000809. The molecular weight excluding hydrogens is 368 g/mol. The van der Waals surface area contributed by atoms with Crippen LogP contribution >= 0.6 is 0 Å². The molecule has 3 aromatic rings. The first kappa shape index (κ1) is 17.7. The van der Waals surface area contributed by atoms with Crippen molar-refractivity contribution in [2.75, 3.05) is 19.8 Å². The van der Waals surface area contributed by atoms with E-state index in [1.165, 1.54) is 0 Å². The van der Waals surface area contributed by atoms with E-state index in [-0.39, 0.29) is 11.9 Å². The van der Waals surface area contributed by atoms with Gasteiger partial charge in [-0.25, -0.2) is 9.67 Å². The van der Waals surface area contributed by atoms with E-state index < -0.39 is 0 Å². The first-order valence-corrected chi connectivity index (χ1v) is 9.96. The molecule has 0 N–H and O–H groups in total. The summed E-state index contributed by atoms with van der Waals surface area (Å²) in [5.41, 5.74) is 1.67. The fraction of sp³-hybridized carbons (Fsp3) is 0.318. The van der Waals surface area contributed by atoms with E-state index in [0.717, 1.165) is 42.9 Å². The summed E-state index contributed by atoms with van der Waals surface area (Å²) in [6.07, 6.45) is 7.94. The smallest absolute Gasteiger partial charge is 0.255 e. The first-order valence-electron chi connectivity index (χ1n) is 9.96. The Morgan fingerprint density at radius 2 is 1.97 bits per heavy atom. The molecule has 1 fully saturated rings. The Morgan fingerprint density at radius 3 is 2.76 bits per heavy atom. The second kappa shape index (κ2) is 7.58. The van der Waals surface area contributed by atoms with Crippen LogP contribution in [0.5, 0.6) is 11.5 Å². The van der Waals surface area contributed by atoms with Crippen molar-refractivity contribution in [1.82, 2.24) is 19.7 Å². The summed E-state index contributed by atoms with van der Waals surface area (Å²) in [6, 6.07) is 11.5. The summed E-state index contributed by atoms with van der Waals surface area (Å²) in [5.74, 6) is 2.23. The SMILES string of the molecule is O=C(c1ccc(-n2cccn2)nc1)N1CCC[C@@H]1c1ccc2c(c1)OCCCO2. The Hall–Kier alpha value is -3.35. The van der Waals surface area contributed by atoms with Crippen molar-refractivity contribution >= 4 is 5.91 Å². The lowest BCUT2D eigenvalue weighted by molar-refractivity contribution is 0.0735. The molecule has 7 heteroatoms. The quantitative estimate of drug-likeness (QED) is 0.686. The fourth-order valence-corrected chi connectivity index (χ4v) is 3.96. The number of aromatic nitrogens is 3. The molecule has 7 nitrogen and oxygen atoms in total. The number of carbonyl (C=O) groups is 1. The van der Waals surface area contributed by atoms with Gasteiger partial charge >= 0.3 is 0 Å². The van der Waals surface area contributed by atoms with Crippen molar-refractivity contribution in [2.24, 2.45) is 0 Å². The van der Waals surface area contributed by atoms with Gasteiger partial charge in [0.15, 0.2) is 17.3 Å². The van der Waals surface area contributed by atoms with Gasteiger partial charge in [0.2, 0.25) is 0 Å². The third-order valence-corrected chi connectivity index (χ3v) is 5.40. The number of benzene rings is 1. The average molecular weight is 390 g/mol. The van der Waals surface area contributed by atoms with Gasteiger partial charge in [0.1, 0.15) is 0 Å². The number of carbonyl (C=O) groups excluding carboxylic acids is 1. The second-order valence-corrected chi connectivity index (χ2v) is 7.27. The van der Waals surface area contributed by atoms with Gasteiger partial charge in [0.25, 0.3) is 5.91 Å². The van der Waals surface area contributed by atoms with Gasteiger partial charge in [-0.3, -0.25) is 4.79 Å². The van der Waals surface area contributed by atoms with Crippen molar-refractivity contribution in [2.45, 2.75) is 25.3 Å². The molecule has 1 saturated heterocycles. The van der Waals surface area contributed by atoms with Crippen LogP contribution in [0.3, 0.4) is 0 Å². The molecule has 4 heterocycles.